The van der Waals surface area contributed by atoms with Crippen molar-refractivity contribution in [3.63, 3.8) is 0 Å². The average Bonchev–Trinajstić information content (AvgIpc) is 3.42. The van der Waals surface area contributed by atoms with Gasteiger partial charge in [-0.2, -0.15) is 0 Å². The van der Waals surface area contributed by atoms with Crippen molar-refractivity contribution in [2.75, 3.05) is 59.3 Å². The van der Waals surface area contributed by atoms with Gasteiger partial charge in [0.25, 0.3) is 5.91 Å². The Kier molecular flexibility index (Phi) is 7.88. The van der Waals surface area contributed by atoms with E-state index in [-0.39, 0.29) is 30.5 Å². The molecule has 0 radical (unpaired) electrons. The standard InChI is InChI=1S/C25H32N8O6/c1-14-10-32(12-19(36-2)39-14)11-16(34)13-38-18-5-4-17-20(21(18)37-3)30-25(33-7-6-27-22(17)33)31-23(35)15-8-28-24(26)29-9-15/h4-5,8-9,14,16,19,34H,6-7,10-13H2,1-3H3,(H2,26,28,29)(H,30,31,35)/t14-,16-,19-/m1/s1. The van der Waals surface area contributed by atoms with Crippen LogP contribution in [0.15, 0.2) is 34.5 Å². The lowest BCUT2D eigenvalue weighted by Gasteiger charge is -2.36. The van der Waals surface area contributed by atoms with E-state index in [4.69, 9.17) is 29.7 Å². The summed E-state index contributed by atoms with van der Waals surface area (Å²) in [5.41, 5.74) is 6.98. The number of anilines is 1. The summed E-state index contributed by atoms with van der Waals surface area (Å²) in [6.45, 7) is 4.75. The number of nitrogens with zero attached hydrogens (tertiary/aromatic N) is 6. The first kappa shape index (κ1) is 26.7. The van der Waals surface area contributed by atoms with Gasteiger partial charge >= 0.3 is 0 Å². The van der Waals surface area contributed by atoms with E-state index >= 15 is 0 Å². The molecule has 1 saturated heterocycles. The summed E-state index contributed by atoms with van der Waals surface area (Å²) in [4.78, 5) is 33.8. The lowest BCUT2D eigenvalue weighted by atomic mass is 10.1. The maximum Gasteiger partial charge on any atom is 0.261 e. The highest BCUT2D eigenvalue weighted by molar-refractivity contribution is 6.20. The lowest BCUT2D eigenvalue weighted by molar-refractivity contribution is -0.196. The van der Waals surface area contributed by atoms with Crippen molar-refractivity contribution in [1.82, 2.24) is 25.1 Å². The van der Waals surface area contributed by atoms with Gasteiger partial charge in [0.05, 0.1) is 25.3 Å². The number of aliphatic hydroxyl groups excluding tert-OH is 1. The molecule has 0 spiro atoms. The van der Waals surface area contributed by atoms with Crippen LogP contribution in [0.4, 0.5) is 11.6 Å². The Morgan fingerprint density at radius 3 is 2.82 bits per heavy atom. The second kappa shape index (κ2) is 11.5. The predicted molar refractivity (Wildman–Crippen MR) is 141 cm³/mol. The van der Waals surface area contributed by atoms with Crippen molar-refractivity contribution in [1.29, 1.82) is 0 Å². The van der Waals surface area contributed by atoms with Crippen LogP contribution in [0, 0.1) is 0 Å². The number of benzene rings is 1. The van der Waals surface area contributed by atoms with Gasteiger partial charge in [-0.1, -0.05) is 0 Å². The number of hydrogen-bond acceptors (Lipinski definition) is 13. The van der Waals surface area contributed by atoms with Gasteiger partial charge in [0.1, 0.15) is 24.2 Å². The molecule has 1 fully saturated rings. The van der Waals surface area contributed by atoms with Gasteiger partial charge in [0.2, 0.25) is 11.9 Å². The van der Waals surface area contributed by atoms with E-state index in [0.29, 0.717) is 61.7 Å². The number of nitrogen functional groups attached to an aromatic ring is 1. The third-order valence-electron chi connectivity index (χ3n) is 6.48. The number of guanidine groups is 1. The minimum atomic E-state index is -0.760. The SMILES string of the molecule is COc1c(OC[C@H](O)CN2C[C@H](OC)O[C@H](C)C2)ccc2c1N=C(NC(=O)c1cnc(N)nc1)N1CCN=C21. The van der Waals surface area contributed by atoms with Crippen LogP contribution in [0.2, 0.25) is 0 Å². The molecule has 1 aromatic heterocycles. The van der Waals surface area contributed by atoms with Crippen LogP contribution in [0.5, 0.6) is 11.5 Å². The smallest absolute Gasteiger partial charge is 0.261 e. The second-order valence-corrected chi connectivity index (χ2v) is 9.36. The average molecular weight is 541 g/mol. The molecule has 1 amide bonds. The van der Waals surface area contributed by atoms with E-state index in [0.717, 1.165) is 5.56 Å². The third-order valence-corrected chi connectivity index (χ3v) is 6.48. The molecule has 14 heteroatoms. The van der Waals surface area contributed by atoms with E-state index in [2.05, 4.69) is 25.2 Å². The topological polar surface area (TPSA) is 169 Å². The monoisotopic (exact) mass is 540 g/mol. The number of aromatic nitrogens is 2. The van der Waals surface area contributed by atoms with Gasteiger partial charge < -0.3 is 29.8 Å². The van der Waals surface area contributed by atoms with Crippen molar-refractivity contribution < 1.29 is 28.8 Å². The zero-order chi connectivity index (χ0) is 27.5. The van der Waals surface area contributed by atoms with Crippen LogP contribution < -0.4 is 20.5 Å². The molecule has 14 nitrogen and oxygen atoms in total. The first-order valence-electron chi connectivity index (χ1n) is 12.6. The number of carbonyl (C=O) groups is 1. The fourth-order valence-corrected chi connectivity index (χ4v) is 4.74. The molecule has 3 aliphatic heterocycles. The first-order chi connectivity index (χ1) is 18.9. The van der Waals surface area contributed by atoms with Gasteiger partial charge in [0, 0.05) is 51.2 Å². The van der Waals surface area contributed by atoms with Gasteiger partial charge in [-0.15, -0.1) is 0 Å². The first-order valence-corrected chi connectivity index (χ1v) is 12.6. The van der Waals surface area contributed by atoms with Crippen molar-refractivity contribution in [3.8, 4) is 11.5 Å². The number of hydrogen-bond donors (Lipinski definition) is 3. The highest BCUT2D eigenvalue weighted by atomic mass is 16.7. The number of carbonyl (C=O) groups excluding carboxylic acids is 1. The van der Waals surface area contributed by atoms with Crippen molar-refractivity contribution >= 4 is 29.3 Å². The van der Waals surface area contributed by atoms with E-state index in [9.17, 15) is 9.90 Å². The third kappa shape index (κ3) is 5.78. The van der Waals surface area contributed by atoms with Gasteiger partial charge in [0.15, 0.2) is 17.8 Å². The zero-order valence-corrected chi connectivity index (χ0v) is 22.0. The Hall–Kier alpha value is -3.85. The number of aliphatic hydroxyl groups is 1. The molecule has 3 aliphatic rings. The number of rotatable bonds is 8. The molecule has 5 rings (SSSR count). The molecule has 3 atom stereocenters. The predicted octanol–water partition coefficient (Wildman–Crippen LogP) is -0.00640. The second-order valence-electron chi connectivity index (χ2n) is 9.36. The Morgan fingerprint density at radius 2 is 2.08 bits per heavy atom. The number of methoxy groups -OCH3 is 2. The Bertz CT molecular complexity index is 1270. The summed E-state index contributed by atoms with van der Waals surface area (Å²) in [6, 6.07) is 3.62. The minimum absolute atomic E-state index is 0.00396. The fourth-order valence-electron chi connectivity index (χ4n) is 4.74. The largest absolute Gasteiger partial charge is 0.491 e. The number of fused-ring (bicyclic) bond motifs is 3. The molecule has 0 aliphatic carbocycles. The molecule has 0 unspecified atom stereocenters. The summed E-state index contributed by atoms with van der Waals surface area (Å²) in [5, 5.41) is 13.5. The molecule has 0 saturated carbocycles. The van der Waals surface area contributed by atoms with E-state index in [1.807, 2.05) is 17.9 Å². The highest BCUT2D eigenvalue weighted by Gasteiger charge is 2.34. The zero-order valence-electron chi connectivity index (χ0n) is 22.0. The maximum atomic E-state index is 12.9. The fraction of sp³-hybridized carbons (Fsp3) is 0.480. The van der Waals surface area contributed by atoms with Crippen molar-refractivity contribution in [2.24, 2.45) is 9.98 Å². The number of nitrogens with one attached hydrogen (secondary N) is 1. The molecule has 4 heterocycles. The Balaban J connectivity index is 1.33. The number of ether oxygens (including phenoxy) is 4. The highest BCUT2D eigenvalue weighted by Crippen LogP contribution is 2.43. The van der Waals surface area contributed by atoms with E-state index in [1.54, 1.807) is 13.2 Å². The molecular formula is C25H32N8O6. The number of nitrogens with two attached hydrogens (primary N) is 1. The lowest BCUT2D eigenvalue weighted by Crippen LogP contribution is -2.50. The number of morpholine rings is 1. The van der Waals surface area contributed by atoms with Crippen LogP contribution in [-0.2, 0) is 9.47 Å². The van der Waals surface area contributed by atoms with Crippen LogP contribution in [-0.4, -0.2) is 115 Å². The molecule has 39 heavy (non-hydrogen) atoms. The molecule has 4 N–H and O–H groups in total. The summed E-state index contributed by atoms with van der Waals surface area (Å²) in [6.07, 6.45) is 1.60. The molecule has 1 aromatic carbocycles. The summed E-state index contributed by atoms with van der Waals surface area (Å²) in [5.74, 6) is 1.38. The minimum Gasteiger partial charge on any atom is -0.491 e. The van der Waals surface area contributed by atoms with Crippen LogP contribution >= 0.6 is 0 Å². The van der Waals surface area contributed by atoms with E-state index < -0.39 is 12.0 Å². The summed E-state index contributed by atoms with van der Waals surface area (Å²) >= 11 is 0. The molecule has 0 bridgehead atoms. The number of amides is 1. The van der Waals surface area contributed by atoms with Gasteiger partial charge in [-0.25, -0.2) is 15.0 Å². The molecule has 2 aromatic rings. The Labute approximate surface area is 225 Å². The quantitative estimate of drug-likeness (QED) is 0.412. The van der Waals surface area contributed by atoms with Gasteiger partial charge in [-0.3, -0.25) is 24.9 Å². The Morgan fingerprint density at radius 1 is 1.28 bits per heavy atom. The normalized spacial score (nSPS) is 21.4. The summed E-state index contributed by atoms with van der Waals surface area (Å²) < 4.78 is 22.7. The van der Waals surface area contributed by atoms with Crippen molar-refractivity contribution in [2.45, 2.75) is 25.4 Å². The van der Waals surface area contributed by atoms with E-state index in [1.165, 1.54) is 19.5 Å². The van der Waals surface area contributed by atoms with Crippen LogP contribution in [0.25, 0.3) is 0 Å². The molecule has 208 valence electrons. The van der Waals surface area contributed by atoms with Crippen molar-refractivity contribution in [3.05, 3.63) is 35.7 Å². The summed E-state index contributed by atoms with van der Waals surface area (Å²) in [7, 11) is 3.12. The maximum absolute atomic E-state index is 12.9. The molecular weight excluding hydrogens is 508 g/mol. The van der Waals surface area contributed by atoms with Crippen LogP contribution in [0.3, 0.4) is 0 Å². The number of aliphatic imine (C=N–C) groups is 2. The van der Waals surface area contributed by atoms with Gasteiger partial charge in [-0.05, 0) is 19.1 Å². The number of β-amino-alcohol motifs (C(OH)–C–C–N with tert-alkyl or cyclic N) is 1. The number of amidine groups is 1. The van der Waals surface area contributed by atoms with Crippen LogP contribution in [0.1, 0.15) is 22.8 Å².